The lowest BCUT2D eigenvalue weighted by Gasteiger charge is -2.25. The van der Waals surface area contributed by atoms with E-state index in [1.807, 2.05) is 0 Å². The van der Waals surface area contributed by atoms with Crippen LogP contribution in [0.1, 0.15) is 6.92 Å². The highest BCUT2D eigenvalue weighted by Gasteiger charge is 2.45. The van der Waals surface area contributed by atoms with Gasteiger partial charge in [-0.25, -0.2) is 9.59 Å². The molecule has 1 rings (SSSR count). The number of halogens is 1. The van der Waals surface area contributed by atoms with Gasteiger partial charge in [0.2, 0.25) is 5.91 Å². The van der Waals surface area contributed by atoms with Gasteiger partial charge in [0.05, 0.1) is 13.7 Å². The number of amides is 1. The van der Waals surface area contributed by atoms with Gasteiger partial charge in [-0.2, -0.15) is 0 Å². The molecule has 102 valence electrons. The van der Waals surface area contributed by atoms with Crippen LogP contribution >= 0.6 is 23.4 Å². The standard InChI is InChI=1S/C10H14ClNO5S/c1-3-17-9(14)6-5-18-8(10(15)16-2)12(6)7(13)4-11/h6,8H,3-5H2,1-2H3/t6-,8?/m0/s1. The first-order valence-corrected chi connectivity index (χ1v) is 6.88. The van der Waals surface area contributed by atoms with Crippen LogP contribution in [0.15, 0.2) is 0 Å². The maximum atomic E-state index is 11.7. The van der Waals surface area contributed by atoms with Crippen molar-refractivity contribution in [1.29, 1.82) is 0 Å². The van der Waals surface area contributed by atoms with Crippen molar-refractivity contribution in [3.05, 3.63) is 0 Å². The minimum Gasteiger partial charge on any atom is -0.467 e. The first-order chi connectivity index (χ1) is 8.56. The molecule has 1 fully saturated rings. The Hall–Kier alpha value is -0.950. The third-order valence-corrected chi connectivity index (χ3v) is 3.84. The van der Waals surface area contributed by atoms with Gasteiger partial charge in [0.1, 0.15) is 11.9 Å². The molecule has 8 heteroatoms. The maximum absolute atomic E-state index is 11.7. The fourth-order valence-corrected chi connectivity index (χ4v) is 3.04. The van der Waals surface area contributed by atoms with Crippen LogP contribution in [0, 0.1) is 0 Å². The van der Waals surface area contributed by atoms with E-state index in [1.54, 1.807) is 6.92 Å². The SMILES string of the molecule is CCOC(=O)[C@@H]1CSC(C(=O)OC)N1C(=O)CCl. The van der Waals surface area contributed by atoms with Crippen molar-refractivity contribution < 1.29 is 23.9 Å². The van der Waals surface area contributed by atoms with Crippen molar-refractivity contribution >= 4 is 41.2 Å². The molecule has 0 aromatic rings. The Labute approximate surface area is 114 Å². The van der Waals surface area contributed by atoms with Gasteiger partial charge >= 0.3 is 11.9 Å². The van der Waals surface area contributed by atoms with Gasteiger partial charge in [0, 0.05) is 5.75 Å². The summed E-state index contributed by atoms with van der Waals surface area (Å²) in [5.74, 6) is -1.61. The van der Waals surface area contributed by atoms with Crippen molar-refractivity contribution in [2.45, 2.75) is 18.3 Å². The van der Waals surface area contributed by atoms with Gasteiger partial charge in [-0.15, -0.1) is 23.4 Å². The third-order valence-electron chi connectivity index (χ3n) is 2.36. The van der Waals surface area contributed by atoms with E-state index in [4.69, 9.17) is 16.3 Å². The van der Waals surface area contributed by atoms with Crippen molar-refractivity contribution in [1.82, 2.24) is 4.90 Å². The van der Waals surface area contributed by atoms with Crippen LogP contribution in [-0.4, -0.2) is 59.5 Å². The van der Waals surface area contributed by atoms with Crippen molar-refractivity contribution in [2.75, 3.05) is 25.3 Å². The van der Waals surface area contributed by atoms with Gasteiger partial charge in [-0.3, -0.25) is 4.79 Å². The zero-order valence-electron chi connectivity index (χ0n) is 10.1. The van der Waals surface area contributed by atoms with E-state index in [0.29, 0.717) is 5.75 Å². The van der Waals surface area contributed by atoms with Gasteiger partial charge in [-0.1, -0.05) is 0 Å². The van der Waals surface area contributed by atoms with Crippen LogP contribution in [0.2, 0.25) is 0 Å². The van der Waals surface area contributed by atoms with Crippen LogP contribution in [0.3, 0.4) is 0 Å². The number of hydrogen-bond donors (Lipinski definition) is 0. The molecule has 0 saturated carbocycles. The molecule has 1 unspecified atom stereocenters. The molecule has 0 spiro atoms. The molecule has 0 N–H and O–H groups in total. The number of hydrogen-bond acceptors (Lipinski definition) is 6. The molecule has 18 heavy (non-hydrogen) atoms. The number of carbonyl (C=O) groups is 3. The molecule has 6 nitrogen and oxygen atoms in total. The van der Waals surface area contributed by atoms with Crippen LogP contribution in [0.5, 0.6) is 0 Å². The molecule has 0 aromatic heterocycles. The Kier molecular flexibility index (Phi) is 5.74. The number of nitrogens with zero attached hydrogens (tertiary/aromatic N) is 1. The fourth-order valence-electron chi connectivity index (χ4n) is 1.58. The molecular weight excluding hydrogens is 282 g/mol. The molecule has 1 amide bonds. The number of esters is 2. The highest BCUT2D eigenvalue weighted by Crippen LogP contribution is 2.30. The van der Waals surface area contributed by atoms with E-state index in [-0.39, 0.29) is 12.5 Å². The van der Waals surface area contributed by atoms with Gasteiger partial charge < -0.3 is 14.4 Å². The number of thioether (sulfide) groups is 1. The summed E-state index contributed by atoms with van der Waals surface area (Å²) in [5.41, 5.74) is 0. The second-order valence-corrected chi connectivity index (χ2v) is 4.79. The quantitative estimate of drug-likeness (QED) is 0.546. The van der Waals surface area contributed by atoms with Gasteiger partial charge in [0.15, 0.2) is 5.37 Å². The summed E-state index contributed by atoms with van der Waals surface area (Å²) >= 11 is 6.65. The summed E-state index contributed by atoms with van der Waals surface area (Å²) in [7, 11) is 1.23. The molecule has 1 aliphatic heterocycles. The molecule has 0 aromatic carbocycles. The molecular formula is C10H14ClNO5S. The predicted molar refractivity (Wildman–Crippen MR) is 66.2 cm³/mol. The fraction of sp³-hybridized carbons (Fsp3) is 0.700. The van der Waals surface area contributed by atoms with E-state index in [1.165, 1.54) is 7.11 Å². The van der Waals surface area contributed by atoms with Crippen LogP contribution < -0.4 is 0 Å². The van der Waals surface area contributed by atoms with Crippen LogP contribution in [0.25, 0.3) is 0 Å². The Morgan fingerprint density at radius 1 is 1.39 bits per heavy atom. The zero-order valence-corrected chi connectivity index (χ0v) is 11.6. The summed E-state index contributed by atoms with van der Waals surface area (Å²) in [4.78, 5) is 36.1. The summed E-state index contributed by atoms with van der Waals surface area (Å²) in [6, 6.07) is -0.787. The Bertz CT molecular complexity index is 351. The summed E-state index contributed by atoms with van der Waals surface area (Å²) in [6.45, 7) is 1.89. The monoisotopic (exact) mass is 295 g/mol. The first kappa shape index (κ1) is 15.1. The van der Waals surface area contributed by atoms with E-state index in [9.17, 15) is 14.4 Å². The average Bonchev–Trinajstić information content (AvgIpc) is 2.81. The molecule has 1 saturated heterocycles. The zero-order chi connectivity index (χ0) is 13.7. The summed E-state index contributed by atoms with van der Waals surface area (Å²) < 4.78 is 9.47. The highest BCUT2D eigenvalue weighted by molar-refractivity contribution is 8.00. The number of carbonyl (C=O) groups excluding carboxylic acids is 3. The van der Waals surface area contributed by atoms with Gasteiger partial charge in [-0.05, 0) is 6.92 Å². The van der Waals surface area contributed by atoms with Gasteiger partial charge in [0.25, 0.3) is 0 Å². The number of alkyl halides is 1. The molecule has 0 aliphatic carbocycles. The predicted octanol–water partition coefficient (Wildman–Crippen LogP) is 0.231. The Balaban J connectivity index is 2.89. The van der Waals surface area contributed by atoms with Crippen molar-refractivity contribution in [3.63, 3.8) is 0 Å². The minimum atomic E-state index is -0.837. The average molecular weight is 296 g/mol. The highest BCUT2D eigenvalue weighted by atomic mass is 35.5. The summed E-state index contributed by atoms with van der Waals surface area (Å²) in [5, 5.41) is -0.837. The lowest BCUT2D eigenvalue weighted by atomic mass is 10.2. The smallest absolute Gasteiger partial charge is 0.339 e. The Morgan fingerprint density at radius 3 is 2.56 bits per heavy atom. The van der Waals surface area contributed by atoms with Crippen molar-refractivity contribution in [2.24, 2.45) is 0 Å². The van der Waals surface area contributed by atoms with Crippen molar-refractivity contribution in [3.8, 4) is 0 Å². The van der Waals surface area contributed by atoms with E-state index < -0.39 is 29.3 Å². The van der Waals surface area contributed by atoms with Crippen LogP contribution in [-0.2, 0) is 23.9 Å². The first-order valence-electron chi connectivity index (χ1n) is 5.30. The molecule has 0 radical (unpaired) electrons. The lowest BCUT2D eigenvalue weighted by molar-refractivity contribution is -0.157. The minimum absolute atomic E-state index is 0.214. The molecule has 1 heterocycles. The number of rotatable bonds is 4. The molecule has 0 bridgehead atoms. The Morgan fingerprint density at radius 2 is 2.06 bits per heavy atom. The molecule has 1 aliphatic rings. The third kappa shape index (κ3) is 3.08. The lowest BCUT2D eigenvalue weighted by Crippen LogP contribution is -2.49. The normalized spacial score (nSPS) is 22.7. The largest absolute Gasteiger partial charge is 0.467 e. The second-order valence-electron chi connectivity index (χ2n) is 3.41. The van der Waals surface area contributed by atoms with E-state index >= 15 is 0 Å². The van der Waals surface area contributed by atoms with Crippen LogP contribution in [0.4, 0.5) is 0 Å². The number of methoxy groups -OCH3 is 1. The van der Waals surface area contributed by atoms with E-state index in [2.05, 4.69) is 4.74 Å². The maximum Gasteiger partial charge on any atom is 0.339 e. The summed E-state index contributed by atoms with van der Waals surface area (Å²) in [6.07, 6.45) is 0. The van der Waals surface area contributed by atoms with E-state index in [0.717, 1.165) is 16.7 Å². The topological polar surface area (TPSA) is 72.9 Å². The number of ether oxygens (including phenoxy) is 2. The molecule has 2 atom stereocenters. The second kappa shape index (κ2) is 6.84.